The highest BCUT2D eigenvalue weighted by Crippen LogP contribution is 2.14. The number of para-hydroxylation sites is 1. The number of anilines is 1. The minimum Gasteiger partial charge on any atom is -0.372 e. The van der Waals surface area contributed by atoms with E-state index in [1.54, 1.807) is 7.05 Å². The number of hydrogen-bond donors (Lipinski definition) is 2. The quantitative estimate of drug-likeness (QED) is 0.409. The fourth-order valence-corrected chi connectivity index (χ4v) is 2.66. The Morgan fingerprint density at radius 3 is 2.62 bits per heavy atom. The molecular formula is C20H31N5O. The van der Waals surface area contributed by atoms with Crippen molar-refractivity contribution in [3.05, 3.63) is 47.9 Å². The van der Waals surface area contributed by atoms with Gasteiger partial charge in [0.1, 0.15) is 0 Å². The molecule has 6 heteroatoms. The van der Waals surface area contributed by atoms with Crippen LogP contribution in [0.4, 0.5) is 5.69 Å². The van der Waals surface area contributed by atoms with Crippen LogP contribution in [0.1, 0.15) is 44.6 Å². The third-order valence-electron chi connectivity index (χ3n) is 4.22. The molecule has 2 N–H and O–H groups in total. The zero-order valence-corrected chi connectivity index (χ0v) is 16.3. The first-order valence-electron chi connectivity index (χ1n) is 9.34. The molecule has 0 saturated heterocycles. The van der Waals surface area contributed by atoms with Gasteiger partial charge in [-0.3, -0.25) is 4.99 Å². The first kappa shape index (κ1) is 19.8. The Bertz CT molecular complexity index is 666. The van der Waals surface area contributed by atoms with Crippen LogP contribution in [0.3, 0.4) is 0 Å². The molecule has 0 atom stereocenters. The van der Waals surface area contributed by atoms with E-state index in [1.807, 2.05) is 12.1 Å². The van der Waals surface area contributed by atoms with Gasteiger partial charge in [-0.1, -0.05) is 37.2 Å². The molecule has 0 spiro atoms. The zero-order valence-electron chi connectivity index (χ0n) is 16.3. The fraction of sp³-hybridized carbons (Fsp3) is 0.500. The van der Waals surface area contributed by atoms with E-state index in [9.17, 15) is 0 Å². The summed E-state index contributed by atoms with van der Waals surface area (Å²) in [4.78, 5) is 6.63. The first-order chi connectivity index (χ1) is 12.6. The topological polar surface area (TPSA) is 65.7 Å². The van der Waals surface area contributed by atoms with Gasteiger partial charge in [0.15, 0.2) is 11.7 Å². The van der Waals surface area contributed by atoms with Crippen LogP contribution >= 0.6 is 0 Å². The molecule has 0 saturated carbocycles. The van der Waals surface area contributed by atoms with Crippen molar-refractivity contribution < 1.29 is 4.52 Å². The summed E-state index contributed by atoms with van der Waals surface area (Å²) in [6.45, 7) is 9.82. The van der Waals surface area contributed by atoms with Crippen molar-refractivity contribution in [1.29, 1.82) is 0 Å². The van der Waals surface area contributed by atoms with Gasteiger partial charge in [-0.15, -0.1) is 0 Å². The van der Waals surface area contributed by atoms with Gasteiger partial charge in [0.2, 0.25) is 0 Å². The maximum atomic E-state index is 5.34. The second-order valence-corrected chi connectivity index (χ2v) is 6.49. The van der Waals surface area contributed by atoms with Crippen LogP contribution in [0, 0.1) is 0 Å². The van der Waals surface area contributed by atoms with Crippen LogP contribution < -0.4 is 15.5 Å². The number of aliphatic imine (C=N–C) groups is 1. The molecular weight excluding hydrogens is 326 g/mol. The molecule has 0 radical (unpaired) electrons. The largest absolute Gasteiger partial charge is 0.372 e. The lowest BCUT2D eigenvalue weighted by Gasteiger charge is -2.23. The number of aromatic nitrogens is 1. The average Bonchev–Trinajstić information content (AvgIpc) is 3.14. The van der Waals surface area contributed by atoms with Gasteiger partial charge < -0.3 is 20.1 Å². The Hall–Kier alpha value is -2.50. The molecule has 142 valence electrons. The third kappa shape index (κ3) is 6.10. The summed E-state index contributed by atoms with van der Waals surface area (Å²) in [7, 11) is 1.78. The summed E-state index contributed by atoms with van der Waals surface area (Å²) in [6, 6.07) is 12.5. The molecule has 1 aromatic heterocycles. The lowest BCUT2D eigenvalue weighted by molar-refractivity contribution is 0.372. The Morgan fingerprint density at radius 2 is 2.00 bits per heavy atom. The van der Waals surface area contributed by atoms with E-state index in [-0.39, 0.29) is 0 Å². The molecule has 26 heavy (non-hydrogen) atoms. The highest BCUT2D eigenvalue weighted by atomic mass is 16.5. The van der Waals surface area contributed by atoms with Gasteiger partial charge in [0.25, 0.3) is 0 Å². The summed E-state index contributed by atoms with van der Waals surface area (Å²) < 4.78 is 5.34. The van der Waals surface area contributed by atoms with Crippen molar-refractivity contribution in [2.24, 2.45) is 4.99 Å². The van der Waals surface area contributed by atoms with Crippen LogP contribution in [-0.2, 0) is 6.54 Å². The van der Waals surface area contributed by atoms with E-state index >= 15 is 0 Å². The number of guanidine groups is 1. The highest BCUT2D eigenvalue weighted by molar-refractivity contribution is 5.79. The summed E-state index contributed by atoms with van der Waals surface area (Å²) >= 11 is 0. The summed E-state index contributed by atoms with van der Waals surface area (Å²) in [5.41, 5.74) is 2.24. The van der Waals surface area contributed by atoms with E-state index in [0.29, 0.717) is 12.5 Å². The Kier molecular flexibility index (Phi) is 7.99. The Balaban J connectivity index is 1.71. The summed E-state index contributed by atoms with van der Waals surface area (Å²) in [6.07, 6.45) is 1.03. The maximum absolute atomic E-state index is 5.34. The van der Waals surface area contributed by atoms with Crippen LogP contribution in [0.15, 0.2) is 45.9 Å². The van der Waals surface area contributed by atoms with Gasteiger partial charge >= 0.3 is 0 Å². The Morgan fingerprint density at radius 1 is 1.23 bits per heavy atom. The molecule has 6 nitrogen and oxygen atoms in total. The number of nitrogens with one attached hydrogen (secondary N) is 2. The van der Waals surface area contributed by atoms with Crippen LogP contribution in [0.2, 0.25) is 0 Å². The van der Waals surface area contributed by atoms with Gasteiger partial charge in [-0.2, -0.15) is 0 Å². The number of nitrogens with zero attached hydrogens (tertiary/aromatic N) is 3. The number of benzene rings is 1. The molecule has 2 rings (SSSR count). The van der Waals surface area contributed by atoms with E-state index in [2.05, 4.69) is 70.7 Å². The molecule has 0 fully saturated rings. The van der Waals surface area contributed by atoms with E-state index in [1.165, 1.54) is 5.69 Å². The fourth-order valence-electron chi connectivity index (χ4n) is 2.66. The molecule has 0 amide bonds. The average molecular weight is 358 g/mol. The standard InChI is InChI=1S/C20H31N5O/c1-5-25(17-10-7-6-8-11-17)13-9-12-22-20(21-4)23-15-18-14-19(16(2)3)24-26-18/h6-8,10-11,14,16H,5,9,12-13,15H2,1-4H3,(H2,21,22,23). The van der Waals surface area contributed by atoms with E-state index < -0.39 is 0 Å². The molecule has 0 unspecified atom stereocenters. The van der Waals surface area contributed by atoms with Crippen molar-refractivity contribution >= 4 is 11.6 Å². The Labute approximate surface area is 156 Å². The normalized spacial score (nSPS) is 11.7. The lowest BCUT2D eigenvalue weighted by Crippen LogP contribution is -2.38. The minimum atomic E-state index is 0.371. The first-order valence-corrected chi connectivity index (χ1v) is 9.34. The maximum Gasteiger partial charge on any atom is 0.191 e. The highest BCUT2D eigenvalue weighted by Gasteiger charge is 2.08. The predicted molar refractivity (Wildman–Crippen MR) is 108 cm³/mol. The number of hydrogen-bond acceptors (Lipinski definition) is 4. The van der Waals surface area contributed by atoms with Crippen molar-refractivity contribution in [3.63, 3.8) is 0 Å². The third-order valence-corrected chi connectivity index (χ3v) is 4.22. The van der Waals surface area contributed by atoms with Crippen molar-refractivity contribution in [2.45, 2.75) is 39.7 Å². The van der Waals surface area contributed by atoms with Crippen molar-refractivity contribution in [2.75, 3.05) is 31.6 Å². The summed E-state index contributed by atoms with van der Waals surface area (Å²) in [5, 5.41) is 10.7. The smallest absolute Gasteiger partial charge is 0.191 e. The number of rotatable bonds is 9. The van der Waals surface area contributed by atoms with Crippen molar-refractivity contribution in [1.82, 2.24) is 15.8 Å². The minimum absolute atomic E-state index is 0.371. The van der Waals surface area contributed by atoms with Crippen LogP contribution in [-0.4, -0.2) is 37.8 Å². The van der Waals surface area contributed by atoms with E-state index in [0.717, 1.165) is 43.5 Å². The van der Waals surface area contributed by atoms with Crippen LogP contribution in [0.25, 0.3) is 0 Å². The zero-order chi connectivity index (χ0) is 18.8. The second kappa shape index (κ2) is 10.5. The predicted octanol–water partition coefficient (Wildman–Crippen LogP) is 3.38. The van der Waals surface area contributed by atoms with Gasteiger partial charge in [-0.25, -0.2) is 0 Å². The lowest BCUT2D eigenvalue weighted by atomic mass is 10.1. The summed E-state index contributed by atoms with van der Waals surface area (Å²) in [5.74, 6) is 1.96. The van der Waals surface area contributed by atoms with Gasteiger partial charge in [0, 0.05) is 38.4 Å². The molecule has 1 aromatic carbocycles. The van der Waals surface area contributed by atoms with Gasteiger partial charge in [-0.05, 0) is 31.4 Å². The SMILES string of the molecule is CCN(CCCNC(=NC)NCc1cc(C(C)C)no1)c1ccccc1. The molecule has 0 aliphatic rings. The molecule has 0 bridgehead atoms. The molecule has 0 aliphatic heterocycles. The van der Waals surface area contributed by atoms with E-state index in [4.69, 9.17) is 4.52 Å². The molecule has 0 aliphatic carbocycles. The monoisotopic (exact) mass is 357 g/mol. The second-order valence-electron chi connectivity index (χ2n) is 6.49. The molecule has 1 heterocycles. The van der Waals surface area contributed by atoms with Gasteiger partial charge in [0.05, 0.1) is 12.2 Å². The van der Waals surface area contributed by atoms with Crippen molar-refractivity contribution in [3.8, 4) is 0 Å². The molecule has 2 aromatic rings. The van der Waals surface area contributed by atoms with Crippen LogP contribution in [0.5, 0.6) is 0 Å².